The predicted molar refractivity (Wildman–Crippen MR) is 107 cm³/mol. The highest BCUT2D eigenvalue weighted by Crippen LogP contribution is 2.34. The Morgan fingerprint density at radius 1 is 1.41 bits per heavy atom. The molecule has 0 aliphatic heterocycles. The lowest BCUT2D eigenvalue weighted by Crippen LogP contribution is -2.36. The molecule has 1 rings (SSSR count). The zero-order valence-corrected chi connectivity index (χ0v) is 17.1. The molecule has 7 heteroatoms. The second kappa shape index (κ2) is 13.5. The second-order valence-electron chi connectivity index (χ2n) is 5.59. The van der Waals surface area contributed by atoms with Gasteiger partial charge in [-0.1, -0.05) is 39.8 Å². The third-order valence-corrected chi connectivity index (χ3v) is 3.87. The van der Waals surface area contributed by atoms with E-state index in [0.29, 0.717) is 18.2 Å². The first-order valence-corrected chi connectivity index (χ1v) is 9.29. The quantitative estimate of drug-likeness (QED) is 0.244. The van der Waals surface area contributed by atoms with Gasteiger partial charge in [0.2, 0.25) is 5.91 Å². The number of terminal acetylenes is 1. The largest absolute Gasteiger partial charge is 0.516 e. The van der Waals surface area contributed by atoms with Crippen molar-refractivity contribution in [1.82, 2.24) is 5.32 Å². The number of ether oxygens (including phenoxy) is 1. The average Bonchev–Trinajstić information content (AvgIpc) is 2.64. The predicted octanol–water partition coefficient (Wildman–Crippen LogP) is 3.11. The van der Waals surface area contributed by atoms with E-state index in [2.05, 4.69) is 53.4 Å². The van der Waals surface area contributed by atoms with Crippen LogP contribution in [0.15, 0.2) is 11.6 Å². The number of carbonyl (C=O) groups is 2. The molecular formula is C20H22BrN3O3. The molecule has 0 fully saturated rings. The first kappa shape index (κ1) is 24.3. The Labute approximate surface area is 169 Å². The van der Waals surface area contributed by atoms with Gasteiger partial charge in [0.1, 0.15) is 0 Å². The van der Waals surface area contributed by atoms with Crippen LogP contribution in [0, 0.1) is 37.3 Å². The number of carbonyl (C=O) groups excluding carboxylic acids is 2. The van der Waals surface area contributed by atoms with Gasteiger partial charge in [-0.15, -0.1) is 6.42 Å². The molecule has 0 bridgehead atoms. The first-order valence-electron chi connectivity index (χ1n) is 8.17. The molecule has 0 aromatic carbocycles. The Bertz CT molecular complexity index is 728. The number of amides is 1. The van der Waals surface area contributed by atoms with Crippen molar-refractivity contribution in [3.63, 3.8) is 0 Å². The van der Waals surface area contributed by atoms with Gasteiger partial charge in [0.15, 0.2) is 13.0 Å². The molecule has 6 nitrogen and oxygen atoms in total. The van der Waals surface area contributed by atoms with Crippen LogP contribution in [-0.4, -0.2) is 35.5 Å². The van der Waals surface area contributed by atoms with Crippen LogP contribution in [0.1, 0.15) is 39.5 Å². The number of alkyl halides is 1. The summed E-state index contributed by atoms with van der Waals surface area (Å²) in [6.45, 7) is 17.5. The fourth-order valence-electron chi connectivity index (χ4n) is 2.36. The van der Waals surface area contributed by atoms with Gasteiger partial charge < -0.3 is 10.1 Å². The highest BCUT2D eigenvalue weighted by atomic mass is 79.9. The molecular weight excluding hydrogens is 410 g/mol. The maximum absolute atomic E-state index is 10.9. The van der Waals surface area contributed by atoms with E-state index in [1.165, 1.54) is 13.8 Å². The summed E-state index contributed by atoms with van der Waals surface area (Å²) in [5.41, 5.74) is -0.428. The van der Waals surface area contributed by atoms with E-state index in [4.69, 9.17) is 19.6 Å². The molecule has 1 N–H and O–H groups in total. The molecule has 0 aromatic heterocycles. The average molecular weight is 432 g/mol. The third kappa shape index (κ3) is 9.50. The van der Waals surface area contributed by atoms with Gasteiger partial charge in [-0.25, -0.2) is 22.8 Å². The molecule has 1 unspecified atom stereocenters. The van der Waals surface area contributed by atoms with Crippen LogP contribution in [0.5, 0.6) is 0 Å². The highest BCUT2D eigenvalue weighted by Gasteiger charge is 2.48. The second-order valence-corrected chi connectivity index (χ2v) is 6.15. The maximum Gasteiger partial charge on any atom is 0.516 e. The molecule has 0 saturated carbocycles. The smallest absolute Gasteiger partial charge is 0.453 e. The number of nitrogens with zero attached hydrogens (tertiary/aromatic N) is 2. The van der Waals surface area contributed by atoms with E-state index in [9.17, 15) is 9.59 Å². The Morgan fingerprint density at radius 2 is 2.07 bits per heavy atom. The molecule has 1 amide bonds. The molecule has 142 valence electrons. The fraction of sp³-hybridized carbons (Fsp3) is 0.500. The Morgan fingerprint density at radius 3 is 2.48 bits per heavy atom. The molecule has 1 aliphatic rings. The lowest BCUT2D eigenvalue weighted by atomic mass is 9.86. The van der Waals surface area contributed by atoms with Gasteiger partial charge in [0, 0.05) is 19.9 Å². The van der Waals surface area contributed by atoms with Crippen molar-refractivity contribution < 1.29 is 14.3 Å². The topological polar surface area (TPSA) is 64.1 Å². The molecule has 1 aliphatic carbocycles. The molecule has 1 atom stereocenters. The number of hydrogen-bond acceptors (Lipinski definition) is 3. The zero-order valence-electron chi connectivity index (χ0n) is 15.5. The van der Waals surface area contributed by atoms with Gasteiger partial charge in [0.05, 0.1) is 10.9 Å². The highest BCUT2D eigenvalue weighted by molar-refractivity contribution is 9.09. The van der Waals surface area contributed by atoms with Gasteiger partial charge in [-0.05, 0) is 19.3 Å². The van der Waals surface area contributed by atoms with Crippen LogP contribution in [0.3, 0.4) is 0 Å². The van der Waals surface area contributed by atoms with Crippen molar-refractivity contribution in [2.75, 3.05) is 11.9 Å². The minimum absolute atomic E-state index is 0.0536. The number of hydrogen-bond donors (Lipinski definition) is 1. The summed E-state index contributed by atoms with van der Waals surface area (Å²) in [5.74, 6) is 7.39. The number of halogens is 1. The van der Waals surface area contributed by atoms with Crippen molar-refractivity contribution in [3.8, 4) is 24.2 Å². The van der Waals surface area contributed by atoms with Gasteiger partial charge >= 0.3 is 11.6 Å². The standard InChI is InChI=1S/C14H15N3O.C6H7BrO2/c1-5-10-14(15-3,16-4)12-6-8-13(9-7-12)17-11(2)18;1-6(8)9-5-3-2-4-7/h1,6,13H,7-10H2,2H3,(H,17,18);4-5H2,1H3. The van der Waals surface area contributed by atoms with Gasteiger partial charge in [-0.3, -0.25) is 9.59 Å². The molecule has 0 saturated heterocycles. The number of esters is 1. The third-order valence-electron chi connectivity index (χ3n) is 3.59. The summed E-state index contributed by atoms with van der Waals surface area (Å²) < 4.78 is 4.51. The summed E-state index contributed by atoms with van der Waals surface area (Å²) in [5, 5.41) is 3.46. The molecule has 0 aromatic rings. The Kier molecular flexibility index (Phi) is 12.1. The van der Waals surface area contributed by atoms with E-state index in [0.717, 1.165) is 12.0 Å². The van der Waals surface area contributed by atoms with Crippen LogP contribution in [0.25, 0.3) is 9.69 Å². The van der Waals surface area contributed by atoms with Crippen LogP contribution >= 0.6 is 15.9 Å². The summed E-state index contributed by atoms with van der Waals surface area (Å²) >= 11 is 3.10. The van der Waals surface area contributed by atoms with Crippen molar-refractivity contribution in [1.29, 1.82) is 0 Å². The molecule has 0 heterocycles. The number of rotatable bonds is 4. The van der Waals surface area contributed by atoms with Crippen LogP contribution < -0.4 is 5.32 Å². The molecule has 27 heavy (non-hydrogen) atoms. The summed E-state index contributed by atoms with van der Waals surface area (Å²) in [4.78, 5) is 27.9. The summed E-state index contributed by atoms with van der Waals surface area (Å²) in [6.07, 6.45) is 9.30. The lowest BCUT2D eigenvalue weighted by Gasteiger charge is -2.23. The van der Waals surface area contributed by atoms with E-state index in [1.54, 1.807) is 0 Å². The summed E-state index contributed by atoms with van der Waals surface area (Å²) in [7, 11) is 0. The summed E-state index contributed by atoms with van der Waals surface area (Å²) in [6, 6.07) is 0.103. The maximum atomic E-state index is 10.9. The minimum Gasteiger partial charge on any atom is -0.453 e. The van der Waals surface area contributed by atoms with E-state index in [-0.39, 0.29) is 30.9 Å². The van der Waals surface area contributed by atoms with Crippen molar-refractivity contribution in [2.45, 2.75) is 51.2 Å². The fourth-order valence-corrected chi connectivity index (χ4v) is 2.55. The van der Waals surface area contributed by atoms with E-state index >= 15 is 0 Å². The Hall–Kier alpha value is -2.74. The van der Waals surface area contributed by atoms with Crippen LogP contribution in [-0.2, 0) is 14.3 Å². The first-order chi connectivity index (χ1) is 12.8. The molecule has 0 radical (unpaired) electrons. The van der Waals surface area contributed by atoms with E-state index in [1.807, 2.05) is 6.08 Å². The number of nitrogens with one attached hydrogen (secondary N) is 1. The van der Waals surface area contributed by atoms with Gasteiger partial charge in [-0.2, -0.15) is 0 Å². The van der Waals surface area contributed by atoms with Crippen molar-refractivity contribution in [2.24, 2.45) is 0 Å². The Balaban J connectivity index is 0.000000636. The van der Waals surface area contributed by atoms with Gasteiger partial charge in [0.25, 0.3) is 0 Å². The van der Waals surface area contributed by atoms with E-state index < -0.39 is 5.66 Å². The monoisotopic (exact) mass is 431 g/mol. The van der Waals surface area contributed by atoms with Crippen molar-refractivity contribution in [3.05, 3.63) is 34.5 Å². The van der Waals surface area contributed by atoms with Crippen molar-refractivity contribution >= 4 is 27.8 Å². The SMILES string of the molecule is CC(=O)OCC#CCBr.[C-]#[N+]C(CC#C)([N+]#[C-])C1=CCC(NC(C)=O)CC1. The van der Waals surface area contributed by atoms with Crippen LogP contribution in [0.2, 0.25) is 0 Å². The van der Waals surface area contributed by atoms with Crippen LogP contribution in [0.4, 0.5) is 0 Å². The zero-order chi connectivity index (χ0) is 20.7. The normalized spacial score (nSPS) is 15.0. The lowest BCUT2D eigenvalue weighted by molar-refractivity contribution is -0.139. The minimum atomic E-state index is -1.23. The molecule has 0 spiro atoms.